The van der Waals surface area contributed by atoms with Crippen molar-refractivity contribution in [1.82, 2.24) is 0 Å². The van der Waals surface area contributed by atoms with Gasteiger partial charge in [-0.25, -0.2) is 0 Å². The minimum absolute atomic E-state index is 0.112. The zero-order valence-electron chi connectivity index (χ0n) is 24.1. The van der Waals surface area contributed by atoms with Crippen molar-refractivity contribution in [3.8, 4) is 0 Å². The van der Waals surface area contributed by atoms with Crippen molar-refractivity contribution in [2.24, 2.45) is 50.7 Å². The average Bonchev–Trinajstić information content (AvgIpc) is 3.40. The number of aliphatic hydroxyl groups is 3. The first-order valence-electron chi connectivity index (χ1n) is 14.7. The fraction of sp³-hybridized carbons (Fsp3) is 0.968. The molecular weight excluding hydrogens is 452 g/mol. The molecule has 5 aliphatic carbocycles. The van der Waals surface area contributed by atoms with Crippen LogP contribution in [0.15, 0.2) is 0 Å². The van der Waals surface area contributed by atoms with Crippen LogP contribution in [-0.2, 0) is 9.53 Å². The van der Waals surface area contributed by atoms with E-state index >= 15 is 0 Å². The molecule has 5 nitrogen and oxygen atoms in total. The van der Waals surface area contributed by atoms with Gasteiger partial charge in [-0.1, -0.05) is 34.6 Å². The van der Waals surface area contributed by atoms with E-state index in [1.807, 2.05) is 0 Å². The van der Waals surface area contributed by atoms with Crippen LogP contribution >= 0.6 is 0 Å². The van der Waals surface area contributed by atoms with E-state index in [-0.39, 0.29) is 51.5 Å². The third kappa shape index (κ3) is 3.01. The topological polar surface area (TPSA) is 87.0 Å². The fourth-order valence-corrected chi connectivity index (χ4v) is 11.2. The molecule has 1 spiro atoms. The van der Waals surface area contributed by atoms with Gasteiger partial charge in [-0.15, -0.1) is 0 Å². The predicted octanol–water partition coefficient (Wildman–Crippen LogP) is 5.14. The van der Waals surface area contributed by atoms with Crippen molar-refractivity contribution < 1.29 is 24.9 Å². The lowest BCUT2D eigenvalue weighted by Crippen LogP contribution is -2.64. The molecule has 11 atom stereocenters. The zero-order valence-corrected chi connectivity index (χ0v) is 24.1. The first kappa shape index (κ1) is 27.1. The Bertz CT molecular complexity index is 913. The summed E-state index contributed by atoms with van der Waals surface area (Å²) in [7, 11) is 1.74. The molecule has 5 rings (SSSR count). The van der Waals surface area contributed by atoms with Gasteiger partial charge in [0, 0.05) is 18.4 Å². The molecule has 3 N–H and O–H groups in total. The van der Waals surface area contributed by atoms with Crippen LogP contribution in [0.25, 0.3) is 0 Å². The first-order valence-corrected chi connectivity index (χ1v) is 14.7. The molecule has 5 heteroatoms. The lowest BCUT2D eigenvalue weighted by atomic mass is 9.41. The summed E-state index contributed by atoms with van der Waals surface area (Å²) >= 11 is 0. The second kappa shape index (κ2) is 8.02. The van der Waals surface area contributed by atoms with Gasteiger partial charge >= 0.3 is 0 Å². The maximum absolute atomic E-state index is 14.9. The SMILES string of the molecule is COC(C)(C)[C@@H]1CC[C@H]([C@H]2CC[C@@]3(C)C(=O)[C@]4(CC[C@]23C)[C@@H](O)C[C@H]2C(C)(C)[C@@H](O)CC[C@@]24C)[C@H]1O. The normalized spacial score (nSPS) is 54.6. The Morgan fingerprint density at radius 3 is 2.14 bits per heavy atom. The van der Waals surface area contributed by atoms with Crippen LogP contribution < -0.4 is 0 Å². The summed E-state index contributed by atoms with van der Waals surface area (Å²) in [6, 6.07) is 0. The maximum Gasteiger partial charge on any atom is 0.148 e. The van der Waals surface area contributed by atoms with E-state index in [0.717, 1.165) is 44.9 Å². The summed E-state index contributed by atoms with van der Waals surface area (Å²) in [5.41, 5.74) is -2.37. The molecule has 0 bridgehead atoms. The highest BCUT2D eigenvalue weighted by molar-refractivity contribution is 5.94. The quantitative estimate of drug-likeness (QED) is 0.495. The van der Waals surface area contributed by atoms with E-state index in [1.165, 1.54) is 0 Å². The smallest absolute Gasteiger partial charge is 0.148 e. The van der Waals surface area contributed by atoms with Crippen molar-refractivity contribution in [2.45, 2.75) is 130 Å². The van der Waals surface area contributed by atoms with Crippen molar-refractivity contribution in [3.05, 3.63) is 0 Å². The van der Waals surface area contributed by atoms with Crippen molar-refractivity contribution in [2.75, 3.05) is 7.11 Å². The number of ether oxygens (including phenoxy) is 1. The highest BCUT2D eigenvalue weighted by atomic mass is 16.5. The van der Waals surface area contributed by atoms with E-state index in [0.29, 0.717) is 18.8 Å². The Morgan fingerprint density at radius 1 is 0.833 bits per heavy atom. The average molecular weight is 505 g/mol. The summed E-state index contributed by atoms with van der Waals surface area (Å²) in [5.74, 6) is 1.03. The molecule has 0 amide bonds. The molecule has 5 saturated carbocycles. The van der Waals surface area contributed by atoms with Gasteiger partial charge in [-0.05, 0) is 106 Å². The van der Waals surface area contributed by atoms with Crippen LogP contribution in [0.1, 0.15) is 106 Å². The summed E-state index contributed by atoms with van der Waals surface area (Å²) in [5, 5.41) is 34.1. The van der Waals surface area contributed by atoms with Gasteiger partial charge in [-0.2, -0.15) is 0 Å². The molecule has 0 heterocycles. The summed E-state index contributed by atoms with van der Waals surface area (Å²) in [6.07, 6.45) is 6.08. The van der Waals surface area contributed by atoms with Gasteiger partial charge in [0.15, 0.2) is 0 Å². The number of carbonyl (C=O) groups excluding carboxylic acids is 1. The number of fused-ring (bicyclic) bond motifs is 3. The van der Waals surface area contributed by atoms with Gasteiger partial charge in [0.25, 0.3) is 0 Å². The lowest BCUT2D eigenvalue weighted by Gasteiger charge is -2.62. The van der Waals surface area contributed by atoms with Crippen LogP contribution in [0.2, 0.25) is 0 Å². The number of rotatable bonds is 3. The second-order valence-corrected chi connectivity index (χ2v) is 15.4. The number of hydrogen-bond acceptors (Lipinski definition) is 5. The molecule has 0 aromatic carbocycles. The van der Waals surface area contributed by atoms with Crippen molar-refractivity contribution in [3.63, 3.8) is 0 Å². The lowest BCUT2D eigenvalue weighted by molar-refractivity contribution is -0.187. The summed E-state index contributed by atoms with van der Waals surface area (Å²) in [4.78, 5) is 14.9. The molecule has 206 valence electrons. The monoisotopic (exact) mass is 504 g/mol. The molecule has 0 saturated heterocycles. The summed E-state index contributed by atoms with van der Waals surface area (Å²) in [6.45, 7) is 15.2. The summed E-state index contributed by atoms with van der Waals surface area (Å²) < 4.78 is 5.77. The predicted molar refractivity (Wildman–Crippen MR) is 140 cm³/mol. The minimum atomic E-state index is -0.729. The second-order valence-electron chi connectivity index (χ2n) is 15.4. The number of Topliss-reactive ketones (excluding diaryl/α,β-unsaturated/α-hetero) is 1. The molecule has 0 radical (unpaired) electrons. The van der Waals surface area contributed by atoms with Crippen molar-refractivity contribution in [1.29, 1.82) is 0 Å². The van der Waals surface area contributed by atoms with Gasteiger partial charge < -0.3 is 20.1 Å². The van der Waals surface area contributed by atoms with Gasteiger partial charge in [0.2, 0.25) is 0 Å². The molecule has 0 aromatic heterocycles. The minimum Gasteiger partial charge on any atom is -0.393 e. The van der Waals surface area contributed by atoms with E-state index in [4.69, 9.17) is 4.74 Å². The van der Waals surface area contributed by atoms with Gasteiger partial charge in [0.1, 0.15) is 5.78 Å². The largest absolute Gasteiger partial charge is 0.393 e. The Balaban J connectivity index is 1.48. The van der Waals surface area contributed by atoms with Crippen LogP contribution in [-0.4, -0.2) is 52.1 Å². The van der Waals surface area contributed by atoms with Crippen LogP contribution in [0.4, 0.5) is 0 Å². The number of aliphatic hydroxyl groups excluding tert-OH is 3. The Hall–Kier alpha value is -0.490. The third-order valence-electron chi connectivity index (χ3n) is 14.1. The zero-order chi connectivity index (χ0) is 26.7. The Labute approximate surface area is 218 Å². The molecule has 36 heavy (non-hydrogen) atoms. The van der Waals surface area contributed by atoms with Gasteiger partial charge in [-0.3, -0.25) is 4.79 Å². The number of carbonyl (C=O) groups is 1. The van der Waals surface area contributed by atoms with E-state index in [9.17, 15) is 20.1 Å². The molecule has 5 aliphatic rings. The third-order valence-corrected chi connectivity index (χ3v) is 14.1. The standard InChI is InChI=1S/C31H52O5/c1-26(2)21-17-23(33)31(29(21,6)14-12-22(26)32)16-15-28(5)19(11-13-30(28,7)25(31)35)18-9-10-20(24(18)34)27(3,4)36-8/h18-24,32-34H,9-17H2,1-8H3/t18-,19-,20-,21+,22+,23+,24-,28-,29+,30+,31+/m1/s1. The van der Waals surface area contributed by atoms with E-state index in [1.54, 1.807) is 7.11 Å². The highest BCUT2D eigenvalue weighted by Crippen LogP contribution is 2.76. The fourth-order valence-electron chi connectivity index (χ4n) is 11.2. The maximum atomic E-state index is 14.9. The van der Waals surface area contributed by atoms with Crippen LogP contribution in [0.3, 0.4) is 0 Å². The Morgan fingerprint density at radius 2 is 1.50 bits per heavy atom. The molecule has 5 fully saturated rings. The van der Waals surface area contributed by atoms with Crippen LogP contribution in [0.5, 0.6) is 0 Å². The molecule has 0 aromatic rings. The number of methoxy groups -OCH3 is 1. The molecular formula is C31H52O5. The highest BCUT2D eigenvalue weighted by Gasteiger charge is 2.76. The van der Waals surface area contributed by atoms with E-state index < -0.39 is 23.0 Å². The van der Waals surface area contributed by atoms with Crippen molar-refractivity contribution >= 4 is 5.78 Å². The molecule has 0 unspecified atom stereocenters. The van der Waals surface area contributed by atoms with Gasteiger partial charge in [0.05, 0.1) is 29.3 Å². The Kier molecular flexibility index (Phi) is 6.04. The van der Waals surface area contributed by atoms with Crippen LogP contribution in [0, 0.1) is 50.7 Å². The number of ketones is 1. The first-order chi connectivity index (χ1) is 16.5. The molecule has 0 aliphatic heterocycles. The van der Waals surface area contributed by atoms with E-state index in [2.05, 4.69) is 48.5 Å². The number of hydrogen-bond donors (Lipinski definition) is 3.